The zero-order valence-corrected chi connectivity index (χ0v) is 29.1. The van der Waals surface area contributed by atoms with Gasteiger partial charge in [0.2, 0.25) is 0 Å². The van der Waals surface area contributed by atoms with Crippen LogP contribution in [-0.4, -0.2) is 108 Å². The predicted molar refractivity (Wildman–Crippen MR) is 171 cm³/mol. The van der Waals surface area contributed by atoms with Gasteiger partial charge in [-0.2, -0.15) is 0 Å². The maximum absolute atomic E-state index is 11.3. The summed E-state index contributed by atoms with van der Waals surface area (Å²) in [6.07, 6.45) is -1.84. The molecule has 16 atom stereocenters. The summed E-state index contributed by atoms with van der Waals surface area (Å²) in [5.41, 5.74) is -0.542. The highest BCUT2D eigenvalue weighted by molar-refractivity contribution is 5.30. The van der Waals surface area contributed by atoms with Crippen LogP contribution in [0, 0.1) is 45.3 Å². The van der Waals surface area contributed by atoms with Crippen LogP contribution in [0.2, 0.25) is 0 Å². The van der Waals surface area contributed by atoms with E-state index in [2.05, 4.69) is 40.7 Å². The van der Waals surface area contributed by atoms with Crippen molar-refractivity contribution in [3.8, 4) is 0 Å². The number of aliphatic hydroxyl groups excluding tert-OH is 7. The van der Waals surface area contributed by atoms with Gasteiger partial charge in [-0.1, -0.05) is 53.2 Å². The molecule has 5 aliphatic rings. The second-order valence-electron chi connectivity index (χ2n) is 17.5. The monoisotopic (exact) mass is 654 g/mol. The number of hydrogen-bond donors (Lipinski definition) is 8. The first-order chi connectivity index (χ1) is 21.2. The van der Waals surface area contributed by atoms with Gasteiger partial charge in [0.05, 0.1) is 24.4 Å². The van der Waals surface area contributed by atoms with Crippen LogP contribution in [0.3, 0.4) is 0 Å². The third-order valence-corrected chi connectivity index (χ3v) is 14.6. The van der Waals surface area contributed by atoms with Crippen LogP contribution in [0.5, 0.6) is 0 Å². The molecular formula is C36H62O10. The van der Waals surface area contributed by atoms with Crippen LogP contribution in [0.4, 0.5) is 0 Å². The topological polar surface area (TPSA) is 180 Å². The van der Waals surface area contributed by atoms with E-state index in [0.717, 1.165) is 44.9 Å². The van der Waals surface area contributed by atoms with Gasteiger partial charge in [0.15, 0.2) is 6.29 Å². The quantitative estimate of drug-likeness (QED) is 0.181. The number of aliphatic hydroxyl groups is 8. The Kier molecular flexibility index (Phi) is 9.78. The van der Waals surface area contributed by atoms with Gasteiger partial charge in [-0.25, -0.2) is 0 Å². The fraction of sp³-hybridized carbons (Fsp3) is 0.944. The number of hydrogen-bond acceptors (Lipinski definition) is 10. The van der Waals surface area contributed by atoms with E-state index in [4.69, 9.17) is 9.47 Å². The molecule has 266 valence electrons. The molecule has 2 unspecified atom stereocenters. The lowest BCUT2D eigenvalue weighted by Gasteiger charge is -2.66. The van der Waals surface area contributed by atoms with Crippen LogP contribution in [-0.2, 0) is 9.47 Å². The van der Waals surface area contributed by atoms with Gasteiger partial charge in [0, 0.05) is 5.41 Å². The van der Waals surface area contributed by atoms with E-state index in [1.807, 2.05) is 6.92 Å². The van der Waals surface area contributed by atoms with E-state index in [1.54, 1.807) is 0 Å². The first kappa shape index (κ1) is 36.6. The maximum Gasteiger partial charge on any atom is 0.187 e. The molecule has 5 rings (SSSR count). The minimum Gasteiger partial charge on any atom is -0.394 e. The summed E-state index contributed by atoms with van der Waals surface area (Å²) >= 11 is 0. The fourth-order valence-corrected chi connectivity index (χ4v) is 11.3. The highest BCUT2D eigenvalue weighted by Gasteiger charge is 2.68. The molecule has 46 heavy (non-hydrogen) atoms. The lowest BCUT2D eigenvalue weighted by Crippen LogP contribution is -2.62. The largest absolute Gasteiger partial charge is 0.394 e. The summed E-state index contributed by atoms with van der Waals surface area (Å²) in [4.78, 5) is 0. The zero-order valence-electron chi connectivity index (χ0n) is 29.1. The molecule has 0 spiro atoms. The standard InChI is InChI=1S/C36H62O10/c1-18(25(38)28(41)30(43)33(4,5)44)19-13-14-36(8)23-11-9-20-21(34(23,6)15-16-35(19,36)7)10-12-24(32(20,2)3)46-31-29(42)27(40)26(39)22(17-37)45-31/h9,18-19,21-31,37-44H,10-17H2,1-8H3/t18-,19+,21-,22+,23?,24?,25-,26+,27-,28+,29+,30+,31-,34+,35+,36-/m0/s1. The molecule has 0 amide bonds. The average molecular weight is 655 g/mol. The minimum atomic E-state index is -1.53. The molecule has 10 heteroatoms. The molecule has 0 aromatic rings. The number of ether oxygens (including phenoxy) is 2. The summed E-state index contributed by atoms with van der Waals surface area (Å²) in [5, 5.41) is 83.9. The number of rotatable bonds is 8. The first-order valence-corrected chi connectivity index (χ1v) is 17.6. The molecule has 4 fully saturated rings. The van der Waals surface area contributed by atoms with Gasteiger partial charge >= 0.3 is 0 Å². The van der Waals surface area contributed by atoms with Crippen molar-refractivity contribution >= 4 is 0 Å². The van der Waals surface area contributed by atoms with Gasteiger partial charge < -0.3 is 50.3 Å². The van der Waals surface area contributed by atoms with Crippen molar-refractivity contribution in [3.05, 3.63) is 11.6 Å². The second kappa shape index (κ2) is 12.3. The Morgan fingerprint density at radius 2 is 1.54 bits per heavy atom. The molecule has 8 N–H and O–H groups in total. The van der Waals surface area contributed by atoms with Gasteiger partial charge in [-0.15, -0.1) is 0 Å². The second-order valence-corrected chi connectivity index (χ2v) is 17.5. The minimum absolute atomic E-state index is 0.00825. The van der Waals surface area contributed by atoms with Crippen molar-refractivity contribution in [1.82, 2.24) is 0 Å². The Bertz CT molecular complexity index is 1130. The van der Waals surface area contributed by atoms with Gasteiger partial charge in [0.25, 0.3) is 0 Å². The van der Waals surface area contributed by atoms with Crippen molar-refractivity contribution < 1.29 is 50.3 Å². The van der Waals surface area contributed by atoms with Crippen LogP contribution in [0.1, 0.15) is 100 Å². The highest BCUT2D eigenvalue weighted by atomic mass is 16.7. The third-order valence-electron chi connectivity index (χ3n) is 14.6. The Morgan fingerprint density at radius 3 is 2.15 bits per heavy atom. The molecule has 1 aliphatic heterocycles. The van der Waals surface area contributed by atoms with Gasteiger partial charge in [-0.3, -0.25) is 0 Å². The van der Waals surface area contributed by atoms with Crippen molar-refractivity contribution in [2.24, 2.45) is 45.3 Å². The van der Waals surface area contributed by atoms with E-state index in [-0.39, 0.29) is 39.6 Å². The maximum atomic E-state index is 11.3. The molecule has 1 saturated heterocycles. The summed E-state index contributed by atoms with van der Waals surface area (Å²) < 4.78 is 12.1. The third kappa shape index (κ3) is 5.46. The lowest BCUT2D eigenvalue weighted by atomic mass is 9.39. The van der Waals surface area contributed by atoms with E-state index < -0.39 is 61.2 Å². The van der Waals surface area contributed by atoms with Crippen molar-refractivity contribution in [3.63, 3.8) is 0 Å². The predicted octanol–water partition coefficient (Wildman–Crippen LogP) is 2.27. The molecule has 4 aliphatic carbocycles. The smallest absolute Gasteiger partial charge is 0.187 e. The van der Waals surface area contributed by atoms with Crippen LogP contribution >= 0.6 is 0 Å². The Morgan fingerprint density at radius 1 is 0.891 bits per heavy atom. The first-order valence-electron chi connectivity index (χ1n) is 17.6. The molecule has 1 heterocycles. The Hall–Kier alpha value is -0.660. The summed E-state index contributed by atoms with van der Waals surface area (Å²) in [5.74, 6) is 0.674. The Balaban J connectivity index is 1.36. The van der Waals surface area contributed by atoms with Crippen LogP contribution in [0.15, 0.2) is 11.6 Å². The van der Waals surface area contributed by atoms with Crippen molar-refractivity contribution in [2.75, 3.05) is 6.61 Å². The number of fused-ring (bicyclic) bond motifs is 5. The zero-order chi connectivity index (χ0) is 34.4. The van der Waals surface area contributed by atoms with Crippen molar-refractivity contribution in [2.45, 2.75) is 161 Å². The highest BCUT2D eigenvalue weighted by Crippen LogP contribution is 2.75. The lowest BCUT2D eigenvalue weighted by molar-refractivity contribution is -0.320. The molecule has 10 nitrogen and oxygen atoms in total. The molecule has 0 aromatic heterocycles. The summed E-state index contributed by atoms with van der Waals surface area (Å²) in [6, 6.07) is 0. The van der Waals surface area contributed by atoms with Gasteiger partial charge in [0.1, 0.15) is 36.6 Å². The SMILES string of the molecule is C[C@H]([C@H](O)[C@@H](O)[C@@H](O)C(C)(C)O)[C@H]1CC[C@@]2(C)C3CC=C4[C@H](CCC(O[C@@H]5O[C@H](CO)[C@@H](O)[C@H](O)[C@H]5O)C4(C)C)[C@@]3(C)CC[C@]12C. The normalized spacial score (nSPS) is 48.3. The van der Waals surface area contributed by atoms with Crippen LogP contribution in [0.25, 0.3) is 0 Å². The Labute approximate surface area is 274 Å². The van der Waals surface area contributed by atoms with E-state index >= 15 is 0 Å². The average Bonchev–Trinajstić information content (AvgIpc) is 3.27. The van der Waals surface area contributed by atoms with Crippen LogP contribution < -0.4 is 0 Å². The van der Waals surface area contributed by atoms with E-state index in [0.29, 0.717) is 11.8 Å². The molecule has 0 radical (unpaired) electrons. The molecule has 0 aromatic carbocycles. The van der Waals surface area contributed by atoms with Gasteiger partial charge in [-0.05, 0) is 98.7 Å². The molecule has 0 bridgehead atoms. The number of allylic oxidation sites excluding steroid dienone is 1. The van der Waals surface area contributed by atoms with E-state index in [1.165, 1.54) is 19.4 Å². The summed E-state index contributed by atoms with van der Waals surface area (Å²) in [7, 11) is 0. The van der Waals surface area contributed by atoms with E-state index in [9.17, 15) is 40.9 Å². The molecule has 3 saturated carbocycles. The fourth-order valence-electron chi connectivity index (χ4n) is 11.3. The molecular weight excluding hydrogens is 592 g/mol. The summed E-state index contributed by atoms with van der Waals surface area (Å²) in [6.45, 7) is 16.0. The van der Waals surface area contributed by atoms with Crippen molar-refractivity contribution in [1.29, 1.82) is 0 Å².